The number of imidazole rings is 1. The van der Waals surface area contributed by atoms with Gasteiger partial charge in [-0.3, -0.25) is 4.57 Å². The van der Waals surface area contributed by atoms with Gasteiger partial charge in [-0.05, 0) is 22.7 Å². The third kappa shape index (κ3) is 2.94. The molecule has 2 N–H and O–H groups in total. The topological polar surface area (TPSA) is 96.2 Å². The molecule has 0 radical (unpaired) electrons. The van der Waals surface area contributed by atoms with Crippen LogP contribution < -0.4 is 10.5 Å². The lowest BCUT2D eigenvalue weighted by molar-refractivity contribution is -0.390. The smallest absolute Gasteiger partial charge is 0.426 e. The molecule has 0 aliphatic heterocycles. The van der Waals surface area contributed by atoms with E-state index in [2.05, 4.69) is 4.98 Å². The molecule has 0 saturated heterocycles. The zero-order valence-electron chi connectivity index (χ0n) is 10.3. The van der Waals surface area contributed by atoms with Gasteiger partial charge in [0.1, 0.15) is 6.61 Å². The number of hydrogen-bond donors (Lipinski definition) is 1. The Labute approximate surface area is 99.7 Å². The molecule has 0 aromatic carbocycles. The minimum Gasteiger partial charge on any atom is -0.471 e. The van der Waals surface area contributed by atoms with Gasteiger partial charge in [0.05, 0.1) is 0 Å². The van der Waals surface area contributed by atoms with Crippen LogP contribution in [0.3, 0.4) is 0 Å². The zero-order chi connectivity index (χ0) is 13.1. The summed E-state index contributed by atoms with van der Waals surface area (Å²) in [6, 6.07) is 0. The molecular formula is C10H18N4O3. The van der Waals surface area contributed by atoms with E-state index in [1.54, 1.807) is 7.05 Å². The number of ether oxygens (including phenoxy) is 1. The van der Waals surface area contributed by atoms with Gasteiger partial charge in [0.15, 0.2) is 0 Å². The molecule has 0 fully saturated rings. The van der Waals surface area contributed by atoms with Crippen molar-refractivity contribution in [3.05, 3.63) is 16.4 Å². The summed E-state index contributed by atoms with van der Waals surface area (Å²) in [5, 5.41) is 10.7. The van der Waals surface area contributed by atoms with Crippen LogP contribution in [0.25, 0.3) is 0 Å². The number of aryl methyl sites for hydroxylation is 1. The molecule has 0 unspecified atom stereocenters. The van der Waals surface area contributed by atoms with Gasteiger partial charge in [-0.2, -0.15) is 0 Å². The molecule has 0 atom stereocenters. The van der Waals surface area contributed by atoms with E-state index in [4.69, 9.17) is 10.5 Å². The van der Waals surface area contributed by atoms with E-state index < -0.39 is 10.5 Å². The maximum atomic E-state index is 10.7. The number of nitrogens with two attached hydrogens (primary N) is 1. The lowest BCUT2D eigenvalue weighted by Gasteiger charge is -2.26. The third-order valence-electron chi connectivity index (χ3n) is 2.94. The van der Waals surface area contributed by atoms with Crippen LogP contribution in [0.2, 0.25) is 0 Å². The normalized spacial score (nSPS) is 11.5. The first-order valence-electron chi connectivity index (χ1n) is 5.51. The number of nitrogens with zero attached hydrogens (tertiary/aromatic N) is 3. The number of rotatable bonds is 6. The van der Waals surface area contributed by atoms with Gasteiger partial charge in [0.25, 0.3) is 5.88 Å². The van der Waals surface area contributed by atoms with Gasteiger partial charge in [0.2, 0.25) is 6.33 Å². The number of aromatic nitrogens is 2. The minimum absolute atomic E-state index is 0.145. The van der Waals surface area contributed by atoms with Crippen LogP contribution in [0.1, 0.15) is 26.7 Å². The molecule has 0 aliphatic carbocycles. The summed E-state index contributed by atoms with van der Waals surface area (Å²) in [6.07, 6.45) is 2.84. The molecule has 1 heterocycles. The Morgan fingerprint density at radius 1 is 1.59 bits per heavy atom. The Morgan fingerprint density at radius 2 is 2.18 bits per heavy atom. The Balaban J connectivity index is 2.82. The summed E-state index contributed by atoms with van der Waals surface area (Å²) in [7, 11) is 1.64. The highest BCUT2D eigenvalue weighted by Gasteiger charge is 2.26. The minimum atomic E-state index is -0.564. The van der Waals surface area contributed by atoms with Crippen LogP contribution in [-0.4, -0.2) is 26.6 Å². The first-order chi connectivity index (χ1) is 7.93. The van der Waals surface area contributed by atoms with Crippen molar-refractivity contribution < 1.29 is 9.66 Å². The number of hydrogen-bond acceptors (Lipinski definition) is 5. The van der Waals surface area contributed by atoms with E-state index in [1.165, 1.54) is 10.9 Å². The highest BCUT2D eigenvalue weighted by atomic mass is 16.6. The Bertz CT molecular complexity index is 398. The second-order valence-electron chi connectivity index (χ2n) is 4.10. The van der Waals surface area contributed by atoms with Gasteiger partial charge in [-0.1, -0.05) is 13.8 Å². The maximum Gasteiger partial charge on any atom is 0.426 e. The average molecular weight is 242 g/mol. The summed E-state index contributed by atoms with van der Waals surface area (Å²) < 4.78 is 6.93. The van der Waals surface area contributed by atoms with Crippen LogP contribution in [0.15, 0.2) is 6.33 Å². The molecular weight excluding hydrogens is 224 g/mol. The molecule has 17 heavy (non-hydrogen) atoms. The monoisotopic (exact) mass is 242 g/mol. The van der Waals surface area contributed by atoms with Crippen molar-refractivity contribution in [1.29, 1.82) is 0 Å². The van der Waals surface area contributed by atoms with Crippen molar-refractivity contribution >= 4 is 5.82 Å². The van der Waals surface area contributed by atoms with Gasteiger partial charge in [-0.15, -0.1) is 0 Å². The van der Waals surface area contributed by atoms with E-state index in [1.807, 2.05) is 13.8 Å². The van der Waals surface area contributed by atoms with Gasteiger partial charge in [0, 0.05) is 12.6 Å². The van der Waals surface area contributed by atoms with E-state index >= 15 is 0 Å². The average Bonchev–Trinajstić information content (AvgIpc) is 2.68. The molecule has 7 nitrogen and oxygen atoms in total. The fraction of sp³-hybridized carbons (Fsp3) is 0.700. The van der Waals surface area contributed by atoms with Crippen molar-refractivity contribution in [1.82, 2.24) is 9.55 Å². The standard InChI is InChI=1S/C10H18N4O3/c1-4-10(11,5-2)6-17-9-8(14(15)16)12-7-13(9)3/h7H,4-6,11H2,1-3H3. The van der Waals surface area contributed by atoms with Crippen LogP contribution in [0.4, 0.5) is 5.82 Å². The molecule has 1 aromatic heterocycles. The largest absolute Gasteiger partial charge is 0.471 e. The van der Waals surface area contributed by atoms with Crippen molar-refractivity contribution in [2.24, 2.45) is 12.8 Å². The van der Waals surface area contributed by atoms with Gasteiger partial charge < -0.3 is 20.6 Å². The van der Waals surface area contributed by atoms with Crippen molar-refractivity contribution in [2.45, 2.75) is 32.2 Å². The SMILES string of the molecule is CCC(N)(CC)COc1c([N+](=O)[O-])ncn1C. The fourth-order valence-corrected chi connectivity index (χ4v) is 1.36. The lowest BCUT2D eigenvalue weighted by Crippen LogP contribution is -2.44. The molecule has 0 saturated carbocycles. The first kappa shape index (κ1) is 13.4. The number of nitro groups is 1. The fourth-order valence-electron chi connectivity index (χ4n) is 1.36. The van der Waals surface area contributed by atoms with E-state index in [9.17, 15) is 10.1 Å². The Hall–Kier alpha value is -1.63. The Morgan fingerprint density at radius 3 is 2.65 bits per heavy atom. The predicted octanol–water partition coefficient (Wildman–Crippen LogP) is 1.22. The molecule has 7 heteroatoms. The first-order valence-corrected chi connectivity index (χ1v) is 5.51. The molecule has 0 amide bonds. The van der Waals surface area contributed by atoms with Crippen molar-refractivity contribution in [3.8, 4) is 5.88 Å². The van der Waals surface area contributed by atoms with Crippen LogP contribution in [0.5, 0.6) is 5.88 Å². The summed E-state index contributed by atoms with van der Waals surface area (Å²) >= 11 is 0. The van der Waals surface area contributed by atoms with E-state index in [0.717, 1.165) is 12.8 Å². The third-order valence-corrected chi connectivity index (χ3v) is 2.94. The molecule has 1 aromatic rings. The molecule has 0 aliphatic rings. The molecule has 96 valence electrons. The van der Waals surface area contributed by atoms with Crippen LogP contribution in [0, 0.1) is 10.1 Å². The molecule has 0 bridgehead atoms. The van der Waals surface area contributed by atoms with E-state index in [-0.39, 0.29) is 18.3 Å². The second kappa shape index (κ2) is 5.13. The van der Waals surface area contributed by atoms with Gasteiger partial charge in [-0.25, -0.2) is 0 Å². The molecule has 1 rings (SSSR count). The second-order valence-corrected chi connectivity index (χ2v) is 4.10. The summed E-state index contributed by atoms with van der Waals surface area (Å²) in [5.41, 5.74) is 5.60. The quantitative estimate of drug-likeness (QED) is 0.597. The highest BCUT2D eigenvalue weighted by Crippen LogP contribution is 2.25. The van der Waals surface area contributed by atoms with Crippen LogP contribution >= 0.6 is 0 Å². The van der Waals surface area contributed by atoms with E-state index in [0.29, 0.717) is 0 Å². The van der Waals surface area contributed by atoms with Crippen molar-refractivity contribution in [2.75, 3.05) is 6.61 Å². The summed E-state index contributed by atoms with van der Waals surface area (Å²) in [4.78, 5) is 13.8. The van der Waals surface area contributed by atoms with Gasteiger partial charge >= 0.3 is 5.82 Å². The molecule has 0 spiro atoms. The highest BCUT2D eigenvalue weighted by molar-refractivity contribution is 5.33. The predicted molar refractivity (Wildman–Crippen MR) is 62.9 cm³/mol. The lowest BCUT2D eigenvalue weighted by atomic mass is 9.96. The maximum absolute atomic E-state index is 10.7. The van der Waals surface area contributed by atoms with Crippen LogP contribution in [-0.2, 0) is 7.05 Å². The zero-order valence-corrected chi connectivity index (χ0v) is 10.3. The van der Waals surface area contributed by atoms with Crippen molar-refractivity contribution in [3.63, 3.8) is 0 Å². The summed E-state index contributed by atoms with van der Waals surface area (Å²) in [5.74, 6) is -0.131. The Kier molecular flexibility index (Phi) is 4.06. The summed E-state index contributed by atoms with van der Waals surface area (Å²) in [6.45, 7) is 4.16.